The third-order valence-electron chi connectivity index (χ3n) is 17.2. The molecule has 364 valence electrons. The first-order chi connectivity index (χ1) is 38.7. The van der Waals surface area contributed by atoms with Gasteiger partial charge in [0.15, 0.2) is 0 Å². The molecule has 0 saturated carbocycles. The lowest BCUT2D eigenvalue weighted by Gasteiger charge is -2.39. The summed E-state index contributed by atoms with van der Waals surface area (Å²) in [6.07, 6.45) is 0. The van der Waals surface area contributed by atoms with E-state index in [0.717, 1.165) is 101 Å². The van der Waals surface area contributed by atoms with Gasteiger partial charge in [0.1, 0.15) is 34.2 Å². The van der Waals surface area contributed by atoms with Gasteiger partial charge in [0.05, 0.1) is 10.8 Å². The van der Waals surface area contributed by atoms with E-state index in [1.165, 1.54) is 50.1 Å². The number of hydrogen-bond donors (Lipinski definition) is 0. The van der Waals surface area contributed by atoms with E-state index >= 15 is 0 Å². The Bertz CT molecular complexity index is 4550. The van der Waals surface area contributed by atoms with Crippen LogP contribution < -0.4 is 14.4 Å². The quantitative estimate of drug-likeness (QED) is 0.172. The van der Waals surface area contributed by atoms with Crippen molar-refractivity contribution >= 4 is 39.0 Å². The van der Waals surface area contributed by atoms with E-state index in [2.05, 4.69) is 266 Å². The van der Waals surface area contributed by atoms with Gasteiger partial charge in [-0.2, -0.15) is 0 Å². The van der Waals surface area contributed by atoms with Gasteiger partial charge in [-0.05, 0) is 146 Å². The van der Waals surface area contributed by atoms with Gasteiger partial charge in [0.2, 0.25) is 0 Å². The number of nitrogens with zero attached hydrogens (tertiary/aromatic N) is 1. The monoisotopic (exact) mass is 995 g/mol. The van der Waals surface area contributed by atoms with Crippen LogP contribution in [0, 0.1) is 0 Å². The molecule has 1 aromatic heterocycles. The zero-order chi connectivity index (χ0) is 51.1. The number of rotatable bonds is 5. The fourth-order valence-corrected chi connectivity index (χ4v) is 14.1. The average Bonchev–Trinajstić information content (AvgIpc) is 4.32. The summed E-state index contributed by atoms with van der Waals surface area (Å²) in [5.41, 5.74) is 22.9. The zero-order valence-corrected chi connectivity index (χ0v) is 42.2. The molecule has 4 aliphatic rings. The van der Waals surface area contributed by atoms with Crippen LogP contribution in [-0.2, 0) is 10.8 Å². The smallest absolute Gasteiger partial charge is 0.136 e. The van der Waals surface area contributed by atoms with Gasteiger partial charge in [0.25, 0.3) is 0 Å². The molecule has 2 aliphatic carbocycles. The summed E-state index contributed by atoms with van der Waals surface area (Å²) in [4.78, 5) is 2.42. The summed E-state index contributed by atoms with van der Waals surface area (Å²) >= 11 is 0. The third kappa shape index (κ3) is 5.78. The maximum atomic E-state index is 6.73. The van der Waals surface area contributed by atoms with Gasteiger partial charge in [0, 0.05) is 50.1 Å². The molecule has 2 aliphatic heterocycles. The van der Waals surface area contributed by atoms with E-state index in [4.69, 9.17) is 13.9 Å². The van der Waals surface area contributed by atoms with Crippen LogP contribution in [0.4, 0.5) is 17.1 Å². The van der Waals surface area contributed by atoms with E-state index in [1.807, 2.05) is 12.1 Å². The minimum Gasteiger partial charge on any atom is -0.457 e. The van der Waals surface area contributed by atoms with Crippen molar-refractivity contribution in [3.63, 3.8) is 0 Å². The molecule has 0 bridgehead atoms. The molecule has 0 radical (unpaired) electrons. The van der Waals surface area contributed by atoms with Gasteiger partial charge in [-0.25, -0.2) is 0 Å². The third-order valence-corrected chi connectivity index (χ3v) is 17.2. The second-order valence-corrected chi connectivity index (χ2v) is 21.0. The highest BCUT2D eigenvalue weighted by Gasteiger charge is 2.53. The Labute approximate surface area is 451 Å². The average molecular weight is 996 g/mol. The Morgan fingerprint density at radius 2 is 0.692 bits per heavy atom. The number of fused-ring (bicyclic) bond motifs is 21. The van der Waals surface area contributed by atoms with Crippen molar-refractivity contribution in [2.75, 3.05) is 4.90 Å². The van der Waals surface area contributed by atoms with Crippen molar-refractivity contribution in [2.24, 2.45) is 0 Å². The fourth-order valence-electron chi connectivity index (χ4n) is 14.1. The van der Waals surface area contributed by atoms with Crippen LogP contribution in [-0.4, -0.2) is 0 Å². The van der Waals surface area contributed by atoms with Crippen LogP contribution in [0.2, 0.25) is 0 Å². The molecular formula is C74H45NO3. The molecule has 2 spiro atoms. The van der Waals surface area contributed by atoms with E-state index < -0.39 is 10.8 Å². The number of benzene rings is 12. The zero-order valence-electron chi connectivity index (χ0n) is 42.2. The van der Waals surface area contributed by atoms with E-state index in [9.17, 15) is 0 Å². The van der Waals surface area contributed by atoms with Gasteiger partial charge >= 0.3 is 0 Å². The number of furan rings is 1. The van der Waals surface area contributed by atoms with Crippen LogP contribution in [0.3, 0.4) is 0 Å². The van der Waals surface area contributed by atoms with Crippen molar-refractivity contribution in [3.8, 4) is 67.5 Å². The Morgan fingerprint density at radius 3 is 1.32 bits per heavy atom. The van der Waals surface area contributed by atoms with Crippen molar-refractivity contribution in [3.05, 3.63) is 317 Å². The predicted octanol–water partition coefficient (Wildman–Crippen LogP) is 19.3. The minimum atomic E-state index is -0.616. The van der Waals surface area contributed by atoms with Crippen molar-refractivity contribution in [2.45, 2.75) is 10.8 Å². The molecule has 0 atom stereocenters. The lowest BCUT2D eigenvalue weighted by molar-refractivity contribution is 0.436. The van der Waals surface area contributed by atoms with Gasteiger partial charge in [-0.1, -0.05) is 194 Å². The molecule has 3 heterocycles. The largest absolute Gasteiger partial charge is 0.457 e. The van der Waals surface area contributed by atoms with Gasteiger partial charge < -0.3 is 18.8 Å². The molecule has 4 nitrogen and oxygen atoms in total. The molecule has 0 saturated heterocycles. The number of anilines is 3. The maximum Gasteiger partial charge on any atom is 0.136 e. The maximum absolute atomic E-state index is 6.73. The lowest BCUT2D eigenvalue weighted by Crippen LogP contribution is -2.32. The molecule has 13 aromatic rings. The molecule has 12 aromatic carbocycles. The molecule has 78 heavy (non-hydrogen) atoms. The van der Waals surface area contributed by atoms with Crippen molar-refractivity contribution in [1.82, 2.24) is 0 Å². The predicted molar refractivity (Wildman–Crippen MR) is 314 cm³/mol. The lowest BCUT2D eigenvalue weighted by atomic mass is 9.66. The summed E-state index contributed by atoms with van der Waals surface area (Å²) in [7, 11) is 0. The van der Waals surface area contributed by atoms with Gasteiger partial charge in [-0.15, -0.1) is 0 Å². The molecule has 0 amide bonds. The fraction of sp³-hybridized carbons (Fsp3) is 0.0270. The van der Waals surface area contributed by atoms with E-state index in [0.29, 0.717) is 0 Å². The van der Waals surface area contributed by atoms with Crippen LogP contribution >= 0.6 is 0 Å². The summed E-state index contributed by atoms with van der Waals surface area (Å²) in [5.74, 6) is 3.53. The molecular weight excluding hydrogens is 951 g/mol. The first kappa shape index (κ1) is 43.1. The van der Waals surface area contributed by atoms with Crippen molar-refractivity contribution in [1.29, 1.82) is 0 Å². The van der Waals surface area contributed by atoms with Crippen LogP contribution in [0.15, 0.2) is 277 Å². The molecule has 0 fully saturated rings. The standard InChI is InChI=1S/C74H45NO3/c1-4-20-58-53(16-1)54-43-41-51(45-65(54)74(58)62-24-8-13-30-69(62)78-70-31-14-9-25-63(70)74)75(49-37-32-46(33-38-49)48-36-42-56-55-17-3-10-27-66(55)76-71(56)44-48)50-39-34-47(35-40-50)52-19-15-26-64-72(52)57-18-2-5-21-59(57)73(64)60-22-6-11-28-67(60)77-68-29-12-7-23-61(68)73/h1-45H. The molecule has 0 unspecified atom stereocenters. The second kappa shape index (κ2) is 16.2. The summed E-state index contributed by atoms with van der Waals surface area (Å²) in [5, 5.41) is 2.25. The molecule has 4 heteroatoms. The van der Waals surface area contributed by atoms with Crippen molar-refractivity contribution < 1.29 is 13.9 Å². The summed E-state index contributed by atoms with van der Waals surface area (Å²) < 4.78 is 19.8. The number of para-hydroxylation sites is 5. The van der Waals surface area contributed by atoms with Crippen LogP contribution in [0.25, 0.3) is 66.4 Å². The highest BCUT2D eigenvalue weighted by molar-refractivity contribution is 6.06. The Kier molecular flexibility index (Phi) is 8.94. The normalized spacial score (nSPS) is 14.1. The highest BCUT2D eigenvalue weighted by atomic mass is 16.5. The summed E-state index contributed by atoms with van der Waals surface area (Å²) in [6.45, 7) is 0. The number of ether oxygens (including phenoxy) is 2. The van der Waals surface area contributed by atoms with E-state index in [1.54, 1.807) is 0 Å². The second-order valence-electron chi connectivity index (χ2n) is 21.0. The Hall–Kier alpha value is -10.2. The SMILES string of the molecule is c1ccc2c(c1)Oc1ccccc1C21c2ccccc2-c2ccc(N(c3ccc(-c4ccc5c(c4)oc4ccccc45)cc3)c3ccc(-c4cccc5c4-c4ccccc4C54c5ccccc5Oc5ccccc54)cc3)cc21. The van der Waals surface area contributed by atoms with E-state index in [-0.39, 0.29) is 0 Å². The Balaban J connectivity index is 0.842. The Morgan fingerprint density at radius 1 is 0.256 bits per heavy atom. The van der Waals surface area contributed by atoms with Gasteiger partial charge in [-0.3, -0.25) is 0 Å². The van der Waals surface area contributed by atoms with Crippen LogP contribution in [0.5, 0.6) is 23.0 Å². The topological polar surface area (TPSA) is 34.8 Å². The first-order valence-electron chi connectivity index (χ1n) is 26.8. The molecule has 0 N–H and O–H groups in total. The minimum absolute atomic E-state index is 0.551. The highest BCUT2D eigenvalue weighted by Crippen LogP contribution is 2.65. The first-order valence-corrected chi connectivity index (χ1v) is 26.8. The van der Waals surface area contributed by atoms with Crippen LogP contribution in [0.1, 0.15) is 44.5 Å². The summed E-state index contributed by atoms with van der Waals surface area (Å²) in [6, 6.07) is 99.2. The molecule has 17 rings (SSSR count). The number of hydrogen-bond acceptors (Lipinski definition) is 4.